The molecule has 1 aliphatic rings. The summed E-state index contributed by atoms with van der Waals surface area (Å²) in [4.78, 5) is 0. The fourth-order valence-corrected chi connectivity index (χ4v) is 4.21. The molecule has 0 saturated heterocycles. The first kappa shape index (κ1) is 16.9. The minimum Gasteiger partial charge on any atom is -0.354 e. The van der Waals surface area contributed by atoms with E-state index in [1.807, 2.05) is 0 Å². The van der Waals surface area contributed by atoms with Gasteiger partial charge in [0.2, 0.25) is 0 Å². The van der Waals surface area contributed by atoms with Crippen molar-refractivity contribution in [3.63, 3.8) is 0 Å². The molecule has 0 unspecified atom stereocenters. The molecule has 4 aromatic rings. The Bertz CT molecular complexity index is 1080. The van der Waals surface area contributed by atoms with Crippen molar-refractivity contribution in [3.05, 3.63) is 102 Å². The zero-order valence-electron chi connectivity index (χ0n) is 15.9. The van der Waals surface area contributed by atoms with Gasteiger partial charge < -0.3 is 9.88 Å². The van der Waals surface area contributed by atoms with Crippen LogP contribution in [-0.2, 0) is 12.8 Å². The molecule has 0 saturated carbocycles. The molecule has 0 amide bonds. The van der Waals surface area contributed by atoms with Crippen LogP contribution >= 0.6 is 0 Å². The van der Waals surface area contributed by atoms with Crippen LogP contribution in [0.25, 0.3) is 16.8 Å². The molecule has 1 N–H and O–H groups in total. The van der Waals surface area contributed by atoms with Crippen molar-refractivity contribution in [1.29, 1.82) is 0 Å². The lowest BCUT2D eigenvalue weighted by molar-refractivity contribution is 0.664. The summed E-state index contributed by atoms with van der Waals surface area (Å²) in [6.45, 7) is 0. The first-order valence-corrected chi connectivity index (χ1v) is 10.1. The minimum atomic E-state index is 1.14. The van der Waals surface area contributed by atoms with Gasteiger partial charge in [-0.1, -0.05) is 60.7 Å². The number of aromatic nitrogens is 1. The Kier molecular flexibility index (Phi) is 4.46. The molecule has 3 aromatic carbocycles. The second-order valence-corrected chi connectivity index (χ2v) is 7.45. The van der Waals surface area contributed by atoms with E-state index in [-0.39, 0.29) is 0 Å². The van der Waals surface area contributed by atoms with Gasteiger partial charge in [0, 0.05) is 23.3 Å². The van der Waals surface area contributed by atoms with E-state index in [0.29, 0.717) is 0 Å². The van der Waals surface area contributed by atoms with E-state index >= 15 is 0 Å². The normalized spacial score (nSPS) is 13.1. The first-order valence-electron chi connectivity index (χ1n) is 10.1. The molecule has 138 valence electrons. The predicted molar refractivity (Wildman–Crippen MR) is 118 cm³/mol. The monoisotopic (exact) mass is 364 g/mol. The third-order valence-corrected chi connectivity index (χ3v) is 5.60. The van der Waals surface area contributed by atoms with Crippen molar-refractivity contribution in [2.45, 2.75) is 25.7 Å². The van der Waals surface area contributed by atoms with Gasteiger partial charge in [-0.25, -0.2) is 0 Å². The Morgan fingerprint density at radius 2 is 1.39 bits per heavy atom. The Morgan fingerprint density at radius 1 is 0.679 bits per heavy atom. The summed E-state index contributed by atoms with van der Waals surface area (Å²) in [5.74, 6) is 0. The van der Waals surface area contributed by atoms with Gasteiger partial charge in [-0.05, 0) is 66.6 Å². The highest BCUT2D eigenvalue weighted by Crippen LogP contribution is 2.34. The summed E-state index contributed by atoms with van der Waals surface area (Å²) in [5.41, 5.74) is 9.06. The molecule has 1 heterocycles. The summed E-state index contributed by atoms with van der Waals surface area (Å²) in [6, 6.07) is 30.0. The highest BCUT2D eigenvalue weighted by atomic mass is 15.0. The lowest BCUT2D eigenvalue weighted by Gasteiger charge is -2.17. The molecule has 1 aliphatic carbocycles. The van der Waals surface area contributed by atoms with Crippen molar-refractivity contribution in [3.8, 4) is 16.8 Å². The topological polar surface area (TPSA) is 17.0 Å². The van der Waals surface area contributed by atoms with E-state index in [4.69, 9.17) is 0 Å². The number of nitrogens with zero attached hydrogens (tertiary/aromatic N) is 1. The van der Waals surface area contributed by atoms with Gasteiger partial charge >= 0.3 is 0 Å². The van der Waals surface area contributed by atoms with Crippen LogP contribution in [0, 0.1) is 0 Å². The smallest absolute Gasteiger partial charge is 0.0603 e. The molecular weight excluding hydrogens is 340 g/mol. The fourth-order valence-electron chi connectivity index (χ4n) is 4.21. The maximum Gasteiger partial charge on any atom is 0.0603 e. The number of benzene rings is 3. The Balaban J connectivity index is 1.57. The Labute approximate surface area is 166 Å². The van der Waals surface area contributed by atoms with Crippen molar-refractivity contribution in [1.82, 2.24) is 4.57 Å². The Hall–Kier alpha value is -3.26. The predicted octanol–water partition coefficient (Wildman–Crippen LogP) is 6.77. The molecule has 2 heteroatoms. The number of fused-ring (bicyclic) bond motifs is 1. The van der Waals surface area contributed by atoms with Crippen LogP contribution < -0.4 is 5.32 Å². The van der Waals surface area contributed by atoms with Crippen LogP contribution in [0.15, 0.2) is 91.1 Å². The molecule has 0 bridgehead atoms. The zero-order valence-corrected chi connectivity index (χ0v) is 15.9. The van der Waals surface area contributed by atoms with Crippen molar-refractivity contribution >= 4 is 11.4 Å². The number of nitrogens with one attached hydrogen (secondary N) is 1. The lowest BCUT2D eigenvalue weighted by atomic mass is 9.96. The SMILES string of the molecule is c1ccc(Nc2cn(-c3cccc(-c4ccccc4)c3)c3c2CCCC3)cc1. The second kappa shape index (κ2) is 7.40. The van der Waals surface area contributed by atoms with Crippen LogP contribution in [0.1, 0.15) is 24.1 Å². The van der Waals surface area contributed by atoms with Gasteiger partial charge in [0.1, 0.15) is 0 Å². The summed E-state index contributed by atoms with van der Waals surface area (Å²) in [5, 5.41) is 3.65. The third-order valence-electron chi connectivity index (χ3n) is 5.60. The largest absolute Gasteiger partial charge is 0.354 e. The number of anilines is 2. The van der Waals surface area contributed by atoms with Gasteiger partial charge in [0.15, 0.2) is 0 Å². The number of para-hydroxylation sites is 1. The maximum atomic E-state index is 3.65. The number of hydrogen-bond acceptors (Lipinski definition) is 1. The van der Waals surface area contributed by atoms with Crippen molar-refractivity contribution in [2.24, 2.45) is 0 Å². The van der Waals surface area contributed by atoms with E-state index in [1.165, 1.54) is 46.6 Å². The van der Waals surface area contributed by atoms with Crippen LogP contribution in [0.5, 0.6) is 0 Å². The maximum absolute atomic E-state index is 3.65. The van der Waals surface area contributed by atoms with E-state index < -0.39 is 0 Å². The van der Waals surface area contributed by atoms with Gasteiger partial charge in [0.05, 0.1) is 5.69 Å². The van der Waals surface area contributed by atoms with E-state index in [1.54, 1.807) is 0 Å². The Morgan fingerprint density at radius 3 is 2.21 bits per heavy atom. The molecular formula is C26H24N2. The highest BCUT2D eigenvalue weighted by Gasteiger charge is 2.20. The molecule has 0 aliphatic heterocycles. The molecule has 0 atom stereocenters. The van der Waals surface area contributed by atoms with E-state index in [9.17, 15) is 0 Å². The van der Waals surface area contributed by atoms with Crippen LogP contribution in [0.2, 0.25) is 0 Å². The highest BCUT2D eigenvalue weighted by molar-refractivity contribution is 5.69. The summed E-state index contributed by atoms with van der Waals surface area (Å²) in [6.07, 6.45) is 7.11. The second-order valence-electron chi connectivity index (χ2n) is 7.45. The average Bonchev–Trinajstić information content (AvgIpc) is 3.14. The first-order chi connectivity index (χ1) is 13.9. The molecule has 1 aromatic heterocycles. The van der Waals surface area contributed by atoms with E-state index in [0.717, 1.165) is 18.5 Å². The average molecular weight is 364 g/mol. The van der Waals surface area contributed by atoms with Crippen molar-refractivity contribution in [2.75, 3.05) is 5.32 Å². The summed E-state index contributed by atoms with van der Waals surface area (Å²) < 4.78 is 2.40. The molecule has 2 nitrogen and oxygen atoms in total. The minimum absolute atomic E-state index is 1.14. The molecule has 28 heavy (non-hydrogen) atoms. The molecule has 0 spiro atoms. The van der Waals surface area contributed by atoms with Crippen LogP contribution in [-0.4, -0.2) is 4.57 Å². The molecule has 0 radical (unpaired) electrons. The molecule has 5 rings (SSSR count). The van der Waals surface area contributed by atoms with Crippen molar-refractivity contribution < 1.29 is 0 Å². The lowest BCUT2D eigenvalue weighted by Crippen LogP contribution is -2.07. The number of hydrogen-bond donors (Lipinski definition) is 1. The van der Waals surface area contributed by atoms with Gasteiger partial charge in [-0.2, -0.15) is 0 Å². The van der Waals surface area contributed by atoms with E-state index in [2.05, 4.69) is 101 Å². The van der Waals surface area contributed by atoms with Crippen LogP contribution in [0.3, 0.4) is 0 Å². The van der Waals surface area contributed by atoms with Crippen LogP contribution in [0.4, 0.5) is 11.4 Å². The fraction of sp³-hybridized carbons (Fsp3) is 0.154. The van der Waals surface area contributed by atoms with Gasteiger partial charge in [0.25, 0.3) is 0 Å². The zero-order chi connectivity index (χ0) is 18.8. The standard InChI is InChI=1S/C26H24N2/c1-3-10-20(11-4-1)21-12-9-15-23(18-21)28-19-25(24-16-7-8-17-26(24)28)27-22-13-5-2-6-14-22/h1-6,9-15,18-19,27H,7-8,16-17H2. The quantitative estimate of drug-likeness (QED) is 0.423. The molecule has 0 fully saturated rings. The van der Waals surface area contributed by atoms with Gasteiger partial charge in [-0.15, -0.1) is 0 Å². The summed E-state index contributed by atoms with van der Waals surface area (Å²) in [7, 11) is 0. The third kappa shape index (κ3) is 3.22. The summed E-state index contributed by atoms with van der Waals surface area (Å²) >= 11 is 0. The number of rotatable bonds is 4. The van der Waals surface area contributed by atoms with Gasteiger partial charge in [-0.3, -0.25) is 0 Å².